The van der Waals surface area contributed by atoms with Crippen molar-refractivity contribution in [2.75, 3.05) is 26.2 Å². The van der Waals surface area contributed by atoms with Crippen LogP contribution >= 0.6 is 11.6 Å². The Morgan fingerprint density at radius 2 is 1.96 bits per heavy atom. The summed E-state index contributed by atoms with van der Waals surface area (Å²) in [7, 11) is 0. The first-order valence-electron chi connectivity index (χ1n) is 8.72. The van der Waals surface area contributed by atoms with Gasteiger partial charge < -0.3 is 16.0 Å². The van der Waals surface area contributed by atoms with Crippen molar-refractivity contribution in [1.82, 2.24) is 15.1 Å². The van der Waals surface area contributed by atoms with Crippen LogP contribution in [-0.4, -0.2) is 54.0 Å². The van der Waals surface area contributed by atoms with Gasteiger partial charge in [-0.3, -0.25) is 9.69 Å². The van der Waals surface area contributed by atoms with E-state index in [0.29, 0.717) is 13.1 Å². The van der Waals surface area contributed by atoms with Gasteiger partial charge in [0.1, 0.15) is 6.04 Å². The SMILES string of the molecule is CC[C@H](C)[C@H](NC(N)=O)C(=O)N1CCN(Cc2cccc(Cl)c2)CC1. The van der Waals surface area contributed by atoms with Gasteiger partial charge in [0, 0.05) is 37.7 Å². The lowest BCUT2D eigenvalue weighted by Gasteiger charge is -2.37. The van der Waals surface area contributed by atoms with E-state index in [4.69, 9.17) is 17.3 Å². The molecule has 0 aliphatic carbocycles. The van der Waals surface area contributed by atoms with E-state index in [-0.39, 0.29) is 11.8 Å². The van der Waals surface area contributed by atoms with Crippen LogP contribution in [0.25, 0.3) is 0 Å². The lowest BCUT2D eigenvalue weighted by molar-refractivity contribution is -0.136. The molecule has 25 heavy (non-hydrogen) atoms. The first-order valence-corrected chi connectivity index (χ1v) is 9.10. The van der Waals surface area contributed by atoms with Gasteiger partial charge in [-0.15, -0.1) is 0 Å². The van der Waals surface area contributed by atoms with Crippen LogP contribution in [0.5, 0.6) is 0 Å². The van der Waals surface area contributed by atoms with E-state index in [1.165, 1.54) is 5.56 Å². The van der Waals surface area contributed by atoms with Gasteiger partial charge >= 0.3 is 6.03 Å². The molecule has 1 aliphatic rings. The summed E-state index contributed by atoms with van der Waals surface area (Å²) >= 11 is 6.03. The maximum absolute atomic E-state index is 12.8. The van der Waals surface area contributed by atoms with Gasteiger partial charge in [0.2, 0.25) is 5.91 Å². The number of primary amides is 1. The quantitative estimate of drug-likeness (QED) is 0.808. The van der Waals surface area contributed by atoms with Crippen LogP contribution in [0.1, 0.15) is 25.8 Å². The molecule has 1 heterocycles. The molecule has 2 rings (SSSR count). The van der Waals surface area contributed by atoms with Crippen molar-refractivity contribution in [3.8, 4) is 0 Å². The summed E-state index contributed by atoms with van der Waals surface area (Å²) in [5.41, 5.74) is 6.40. The number of hydrogen-bond acceptors (Lipinski definition) is 3. The van der Waals surface area contributed by atoms with Crippen molar-refractivity contribution in [3.63, 3.8) is 0 Å². The van der Waals surface area contributed by atoms with E-state index < -0.39 is 12.1 Å². The van der Waals surface area contributed by atoms with E-state index in [9.17, 15) is 9.59 Å². The van der Waals surface area contributed by atoms with Crippen LogP contribution in [0, 0.1) is 5.92 Å². The predicted molar refractivity (Wildman–Crippen MR) is 99.3 cm³/mol. The Morgan fingerprint density at radius 3 is 2.52 bits per heavy atom. The summed E-state index contributed by atoms with van der Waals surface area (Å²) in [5.74, 6) is 0.0000424. The molecule has 2 atom stereocenters. The Kier molecular flexibility index (Phi) is 7.08. The summed E-state index contributed by atoms with van der Waals surface area (Å²) in [6, 6.07) is 6.63. The van der Waals surface area contributed by atoms with Gasteiger partial charge in [0.15, 0.2) is 0 Å². The molecule has 0 radical (unpaired) electrons. The summed E-state index contributed by atoms with van der Waals surface area (Å²) in [4.78, 5) is 28.1. The normalized spacial score (nSPS) is 17.8. The van der Waals surface area contributed by atoms with Gasteiger partial charge in [-0.1, -0.05) is 44.0 Å². The fourth-order valence-corrected chi connectivity index (χ4v) is 3.27. The Labute approximate surface area is 154 Å². The van der Waals surface area contributed by atoms with Crippen LogP contribution in [0.4, 0.5) is 4.79 Å². The first kappa shape index (κ1) is 19.5. The molecule has 0 unspecified atom stereocenters. The zero-order valence-electron chi connectivity index (χ0n) is 14.9. The second kappa shape index (κ2) is 9.06. The number of benzene rings is 1. The third-order valence-corrected chi connectivity index (χ3v) is 4.99. The second-order valence-corrected chi connectivity index (χ2v) is 7.04. The molecule has 0 spiro atoms. The van der Waals surface area contributed by atoms with Crippen LogP contribution in [0.2, 0.25) is 5.02 Å². The van der Waals surface area contributed by atoms with Crippen molar-refractivity contribution in [2.24, 2.45) is 11.7 Å². The minimum Gasteiger partial charge on any atom is -0.352 e. The molecule has 6 nitrogen and oxygen atoms in total. The third-order valence-electron chi connectivity index (χ3n) is 4.76. The molecule has 3 amide bonds. The lowest BCUT2D eigenvalue weighted by Crippen LogP contribution is -2.57. The highest BCUT2D eigenvalue weighted by Crippen LogP contribution is 2.16. The van der Waals surface area contributed by atoms with Crippen molar-refractivity contribution in [2.45, 2.75) is 32.9 Å². The average molecular weight is 367 g/mol. The highest BCUT2D eigenvalue weighted by atomic mass is 35.5. The minimum atomic E-state index is -0.654. The molecular weight excluding hydrogens is 340 g/mol. The van der Waals surface area contributed by atoms with Crippen LogP contribution in [-0.2, 0) is 11.3 Å². The van der Waals surface area contributed by atoms with E-state index in [1.54, 1.807) is 0 Å². The molecule has 1 aliphatic heterocycles. The Morgan fingerprint density at radius 1 is 1.28 bits per heavy atom. The van der Waals surface area contributed by atoms with Crippen molar-refractivity contribution in [3.05, 3.63) is 34.9 Å². The maximum atomic E-state index is 12.8. The number of nitrogens with zero attached hydrogens (tertiary/aromatic N) is 2. The minimum absolute atomic E-state index is 0.0458. The van der Waals surface area contributed by atoms with Crippen molar-refractivity contribution >= 4 is 23.5 Å². The fourth-order valence-electron chi connectivity index (χ4n) is 3.05. The number of urea groups is 1. The molecule has 138 valence electrons. The van der Waals surface area contributed by atoms with E-state index in [1.807, 2.05) is 36.9 Å². The summed E-state index contributed by atoms with van der Waals surface area (Å²) in [5, 5.41) is 3.34. The molecule has 1 fully saturated rings. The molecule has 0 saturated carbocycles. The number of nitrogens with two attached hydrogens (primary N) is 1. The Hall–Kier alpha value is -1.79. The molecule has 1 aromatic rings. The van der Waals surface area contributed by atoms with Gasteiger partial charge in [-0.25, -0.2) is 4.79 Å². The Bertz CT molecular complexity index is 602. The highest BCUT2D eigenvalue weighted by Gasteiger charge is 2.31. The van der Waals surface area contributed by atoms with Gasteiger partial charge in [0.25, 0.3) is 0 Å². The first-order chi connectivity index (χ1) is 11.9. The third kappa shape index (κ3) is 5.61. The summed E-state index contributed by atoms with van der Waals surface area (Å²) < 4.78 is 0. The largest absolute Gasteiger partial charge is 0.352 e. The number of piperazine rings is 1. The number of amides is 3. The van der Waals surface area contributed by atoms with E-state index in [2.05, 4.69) is 16.3 Å². The number of nitrogens with one attached hydrogen (secondary N) is 1. The van der Waals surface area contributed by atoms with Gasteiger partial charge in [-0.05, 0) is 23.6 Å². The van der Waals surface area contributed by atoms with Gasteiger partial charge in [0.05, 0.1) is 0 Å². The molecule has 1 aromatic carbocycles. The maximum Gasteiger partial charge on any atom is 0.312 e. The number of carbonyl (C=O) groups excluding carboxylic acids is 2. The molecule has 7 heteroatoms. The fraction of sp³-hybridized carbons (Fsp3) is 0.556. The van der Waals surface area contributed by atoms with E-state index >= 15 is 0 Å². The summed E-state index contributed by atoms with van der Waals surface area (Å²) in [6.07, 6.45) is 0.797. The smallest absolute Gasteiger partial charge is 0.312 e. The average Bonchev–Trinajstić information content (AvgIpc) is 2.59. The monoisotopic (exact) mass is 366 g/mol. The molecule has 1 saturated heterocycles. The zero-order chi connectivity index (χ0) is 18.4. The van der Waals surface area contributed by atoms with Crippen LogP contribution in [0.3, 0.4) is 0 Å². The number of hydrogen-bond donors (Lipinski definition) is 2. The molecule has 0 bridgehead atoms. The van der Waals surface area contributed by atoms with Crippen molar-refractivity contribution in [1.29, 1.82) is 0 Å². The van der Waals surface area contributed by atoms with E-state index in [0.717, 1.165) is 31.1 Å². The summed E-state index contributed by atoms with van der Waals surface area (Å²) in [6.45, 7) is 7.64. The molecule has 0 aromatic heterocycles. The molecule has 3 N–H and O–H groups in total. The topological polar surface area (TPSA) is 78.7 Å². The predicted octanol–water partition coefficient (Wildman–Crippen LogP) is 2.07. The van der Waals surface area contributed by atoms with Gasteiger partial charge in [-0.2, -0.15) is 0 Å². The van der Waals surface area contributed by atoms with Crippen LogP contribution < -0.4 is 11.1 Å². The number of halogens is 1. The highest BCUT2D eigenvalue weighted by molar-refractivity contribution is 6.30. The zero-order valence-corrected chi connectivity index (χ0v) is 15.6. The number of carbonyl (C=O) groups is 2. The van der Waals surface area contributed by atoms with Crippen LogP contribution in [0.15, 0.2) is 24.3 Å². The van der Waals surface area contributed by atoms with Crippen molar-refractivity contribution < 1.29 is 9.59 Å². The number of rotatable bonds is 6. The lowest BCUT2D eigenvalue weighted by atomic mass is 9.97. The Balaban J connectivity index is 1.91. The second-order valence-electron chi connectivity index (χ2n) is 6.60. The molecular formula is C18H27ClN4O2. The standard InChI is InChI=1S/C18H27ClN4O2/c1-3-13(2)16(21-18(20)25)17(24)23-9-7-22(8-10-23)12-14-5-4-6-15(19)11-14/h4-6,11,13,16H,3,7-10,12H2,1-2H3,(H3,20,21,25)/t13-,16-/m0/s1.